The van der Waals surface area contributed by atoms with E-state index in [4.69, 9.17) is 25.1 Å². The van der Waals surface area contributed by atoms with Crippen molar-refractivity contribution < 1.29 is 28.9 Å². The number of nitrogens with two attached hydrogens (primary N) is 1. The number of rotatable bonds is 5. The molecule has 1 aliphatic carbocycles. The Kier molecular flexibility index (Phi) is 8.49. The monoisotopic (exact) mass is 465 g/mol. The third-order valence-corrected chi connectivity index (χ3v) is 5.74. The van der Waals surface area contributed by atoms with E-state index >= 15 is 0 Å². The van der Waals surface area contributed by atoms with Crippen LogP contribution in [0, 0.1) is 0 Å². The Hall–Kier alpha value is -3.58. The van der Waals surface area contributed by atoms with Gasteiger partial charge in [-0.05, 0) is 43.0 Å². The van der Waals surface area contributed by atoms with Gasteiger partial charge in [0.05, 0.1) is 19.6 Å². The first-order chi connectivity index (χ1) is 16.4. The summed E-state index contributed by atoms with van der Waals surface area (Å²) in [5, 5.41) is 7.57. The molecule has 0 amide bonds. The molecule has 2 atom stereocenters. The van der Waals surface area contributed by atoms with E-state index in [9.17, 15) is 9.59 Å². The van der Waals surface area contributed by atoms with Crippen molar-refractivity contribution in [1.29, 1.82) is 0 Å². The summed E-state index contributed by atoms with van der Waals surface area (Å²) in [4.78, 5) is 25.9. The lowest BCUT2D eigenvalue weighted by atomic mass is 9.73. The maximum Gasteiger partial charge on any atom is 0.340 e. The van der Waals surface area contributed by atoms with Gasteiger partial charge in [-0.1, -0.05) is 42.5 Å². The molecule has 0 radical (unpaired) electrons. The van der Waals surface area contributed by atoms with Gasteiger partial charge in [0.15, 0.2) is 5.78 Å². The van der Waals surface area contributed by atoms with Gasteiger partial charge in [-0.15, -0.1) is 0 Å². The minimum Gasteiger partial charge on any atom is -0.494 e. The van der Waals surface area contributed by atoms with Crippen molar-refractivity contribution in [3.63, 3.8) is 0 Å². The molecular formula is C27H31NO6. The Labute approximate surface area is 199 Å². The molecule has 0 bridgehead atoms. The quantitative estimate of drug-likeness (QED) is 0.644. The zero-order valence-corrected chi connectivity index (χ0v) is 19.7. The average Bonchev–Trinajstić information content (AvgIpc) is 2.84. The molecule has 1 aliphatic heterocycles. The van der Waals surface area contributed by atoms with E-state index < -0.39 is 11.9 Å². The highest BCUT2D eigenvalue weighted by Crippen LogP contribution is 2.47. The third-order valence-electron chi connectivity index (χ3n) is 5.74. The van der Waals surface area contributed by atoms with E-state index in [0.717, 1.165) is 11.1 Å². The molecule has 0 saturated carbocycles. The number of methoxy groups -OCH3 is 1. The van der Waals surface area contributed by atoms with E-state index in [1.807, 2.05) is 61.5 Å². The first-order valence-electron chi connectivity index (χ1n) is 11.4. The number of esters is 1. The first-order valence-corrected chi connectivity index (χ1v) is 11.4. The molecule has 2 aromatic carbocycles. The highest BCUT2D eigenvalue weighted by atomic mass is 16.5. The first kappa shape index (κ1) is 25.1. The summed E-state index contributed by atoms with van der Waals surface area (Å²) in [5.74, 6) is -0.0934. The number of aliphatic hydroxyl groups excluding tert-OH is 1. The Morgan fingerprint density at radius 3 is 2.29 bits per heavy atom. The maximum absolute atomic E-state index is 13.4. The van der Waals surface area contributed by atoms with Crippen molar-refractivity contribution in [2.45, 2.75) is 38.5 Å². The predicted molar refractivity (Wildman–Crippen MR) is 128 cm³/mol. The van der Waals surface area contributed by atoms with Gasteiger partial charge in [0, 0.05) is 25.0 Å². The van der Waals surface area contributed by atoms with Crippen molar-refractivity contribution in [3.8, 4) is 5.75 Å². The lowest BCUT2D eigenvalue weighted by molar-refractivity contribution is -0.136. The minimum atomic E-state index is -0.643. The van der Waals surface area contributed by atoms with Crippen molar-refractivity contribution >= 4 is 11.8 Å². The van der Waals surface area contributed by atoms with Crippen LogP contribution in [0.5, 0.6) is 5.75 Å². The van der Waals surface area contributed by atoms with Crippen LogP contribution >= 0.6 is 0 Å². The highest BCUT2D eigenvalue weighted by Gasteiger charge is 2.43. The number of aliphatic hydroxyl groups is 1. The average molecular weight is 466 g/mol. The Balaban J connectivity index is 0.00000103. The van der Waals surface area contributed by atoms with Crippen LogP contribution in [-0.2, 0) is 19.1 Å². The van der Waals surface area contributed by atoms with Crippen LogP contribution in [0.3, 0.4) is 0 Å². The topological polar surface area (TPSA) is 108 Å². The van der Waals surface area contributed by atoms with E-state index in [1.165, 1.54) is 7.11 Å². The summed E-state index contributed by atoms with van der Waals surface area (Å²) in [5.41, 5.74) is 8.64. The molecule has 2 aliphatic rings. The molecular weight excluding hydrogens is 434 g/mol. The van der Waals surface area contributed by atoms with Gasteiger partial charge in [0.2, 0.25) is 5.88 Å². The maximum atomic E-state index is 13.4. The largest absolute Gasteiger partial charge is 0.494 e. The molecule has 1 heterocycles. The van der Waals surface area contributed by atoms with Crippen LogP contribution < -0.4 is 10.5 Å². The lowest BCUT2D eigenvalue weighted by Crippen LogP contribution is -2.32. The molecule has 0 aromatic heterocycles. The van der Waals surface area contributed by atoms with Crippen LogP contribution in [0.4, 0.5) is 0 Å². The lowest BCUT2D eigenvalue weighted by Gasteiger charge is -2.35. The summed E-state index contributed by atoms with van der Waals surface area (Å²) in [6, 6.07) is 17.2. The molecule has 0 fully saturated rings. The van der Waals surface area contributed by atoms with E-state index in [-0.39, 0.29) is 29.8 Å². The molecule has 180 valence electrons. The normalized spacial score (nSPS) is 19.5. The molecule has 0 saturated heterocycles. The fraction of sp³-hybridized carbons (Fsp3) is 0.333. The number of carbonyl (C=O) groups is 2. The summed E-state index contributed by atoms with van der Waals surface area (Å²) < 4.78 is 16.3. The zero-order valence-electron chi connectivity index (χ0n) is 19.7. The summed E-state index contributed by atoms with van der Waals surface area (Å²) in [7, 11) is 1.29. The van der Waals surface area contributed by atoms with Gasteiger partial charge in [-0.3, -0.25) is 4.79 Å². The number of hydrogen-bond acceptors (Lipinski definition) is 7. The van der Waals surface area contributed by atoms with Crippen LogP contribution in [0.2, 0.25) is 0 Å². The molecule has 7 heteroatoms. The molecule has 34 heavy (non-hydrogen) atoms. The molecule has 2 unspecified atom stereocenters. The number of ketones is 1. The summed E-state index contributed by atoms with van der Waals surface area (Å²) >= 11 is 0. The van der Waals surface area contributed by atoms with E-state index in [1.54, 1.807) is 6.92 Å². The second-order valence-corrected chi connectivity index (χ2v) is 7.90. The van der Waals surface area contributed by atoms with Gasteiger partial charge < -0.3 is 25.1 Å². The minimum absolute atomic E-state index is 0.000840. The fourth-order valence-corrected chi connectivity index (χ4v) is 4.33. The van der Waals surface area contributed by atoms with Gasteiger partial charge in [-0.2, -0.15) is 0 Å². The number of Topliss-reactive ketones (excluding diaryl/α,β-unsaturated/α-hetero) is 1. The number of hydrogen-bond donors (Lipinski definition) is 2. The second-order valence-electron chi connectivity index (χ2n) is 7.90. The standard InChI is InChI=1S/C25H25NO5.C2H6O/c1-3-30-18-11-9-16(10-12-18)21-22-19(27)13-17(15-7-5-4-6-8-15)14-20(22)31-24(26)23(21)25(28)29-2;1-2-3/h4-12,17,21H,3,13-14,26H2,1-2H3;3H,2H2,1H3. The number of allylic oxidation sites excluding steroid dienone is 2. The van der Waals surface area contributed by atoms with Gasteiger partial charge in [-0.25, -0.2) is 4.79 Å². The smallest absolute Gasteiger partial charge is 0.340 e. The molecule has 0 spiro atoms. The molecule has 4 rings (SSSR count). The predicted octanol–water partition coefficient (Wildman–Crippen LogP) is 3.94. The number of benzene rings is 2. The van der Waals surface area contributed by atoms with Gasteiger partial charge >= 0.3 is 5.97 Å². The Bertz CT molecular complexity index is 1070. The summed E-state index contributed by atoms with van der Waals surface area (Å²) in [6.07, 6.45) is 0.877. The number of carbonyl (C=O) groups excluding carboxylic acids is 2. The Morgan fingerprint density at radius 2 is 1.71 bits per heavy atom. The van der Waals surface area contributed by atoms with E-state index in [2.05, 4.69) is 0 Å². The van der Waals surface area contributed by atoms with Crippen LogP contribution in [0.1, 0.15) is 49.7 Å². The third kappa shape index (κ3) is 5.31. The van der Waals surface area contributed by atoms with Gasteiger partial charge in [0.25, 0.3) is 0 Å². The summed E-state index contributed by atoms with van der Waals surface area (Å²) in [6.45, 7) is 4.39. The van der Waals surface area contributed by atoms with Crippen molar-refractivity contribution in [2.75, 3.05) is 20.3 Å². The highest BCUT2D eigenvalue weighted by molar-refractivity contribution is 6.03. The Morgan fingerprint density at radius 1 is 1.06 bits per heavy atom. The van der Waals surface area contributed by atoms with Crippen molar-refractivity contribution in [3.05, 3.63) is 88.5 Å². The molecule has 2 aromatic rings. The molecule has 7 nitrogen and oxygen atoms in total. The van der Waals surface area contributed by atoms with Gasteiger partial charge in [0.1, 0.15) is 17.1 Å². The fourth-order valence-electron chi connectivity index (χ4n) is 4.33. The zero-order chi connectivity index (χ0) is 24.7. The van der Waals surface area contributed by atoms with E-state index in [0.29, 0.717) is 36.5 Å². The van der Waals surface area contributed by atoms with Crippen molar-refractivity contribution in [2.24, 2.45) is 5.73 Å². The second kappa shape index (κ2) is 11.5. The van der Waals surface area contributed by atoms with Crippen LogP contribution in [0.25, 0.3) is 0 Å². The molecule has 3 N–H and O–H groups in total. The number of ether oxygens (including phenoxy) is 3. The van der Waals surface area contributed by atoms with Crippen LogP contribution in [-0.4, -0.2) is 37.2 Å². The SMILES string of the molecule is CCO.CCOc1ccc(C2C(C(=O)OC)=C(N)OC3=C2C(=O)CC(c2ccccc2)C3)cc1. The van der Waals surface area contributed by atoms with Crippen molar-refractivity contribution in [1.82, 2.24) is 0 Å². The van der Waals surface area contributed by atoms with Crippen LogP contribution in [0.15, 0.2) is 77.4 Å².